The lowest BCUT2D eigenvalue weighted by Crippen LogP contribution is -2.54. The number of fused-ring (bicyclic) bond motifs is 1. The molecule has 0 radical (unpaired) electrons. The van der Waals surface area contributed by atoms with Gasteiger partial charge < -0.3 is 15.0 Å². The maximum absolute atomic E-state index is 13.2. The Morgan fingerprint density at radius 3 is 2.46 bits per heavy atom. The number of anilines is 1. The summed E-state index contributed by atoms with van der Waals surface area (Å²) in [6.07, 6.45) is 2.52. The number of carbonyl (C=O) groups is 5. The fourth-order valence-corrected chi connectivity index (χ4v) is 4.80. The van der Waals surface area contributed by atoms with Gasteiger partial charge in [0.15, 0.2) is 0 Å². The highest BCUT2D eigenvalue weighted by Crippen LogP contribution is 2.32. The number of nitrogens with zero attached hydrogens (tertiary/aromatic N) is 2. The van der Waals surface area contributed by atoms with E-state index in [0.29, 0.717) is 31.2 Å². The number of hydrogen-bond donors (Lipinski definition) is 2. The highest BCUT2D eigenvalue weighted by atomic mass is 16.6. The number of ether oxygens (including phenoxy) is 1. The van der Waals surface area contributed by atoms with E-state index in [2.05, 4.69) is 10.6 Å². The molecule has 0 spiro atoms. The van der Waals surface area contributed by atoms with Crippen molar-refractivity contribution < 1.29 is 28.7 Å². The van der Waals surface area contributed by atoms with Crippen LogP contribution in [0.25, 0.3) is 0 Å². The van der Waals surface area contributed by atoms with Crippen molar-refractivity contribution in [2.45, 2.75) is 64.5 Å². The Morgan fingerprint density at radius 2 is 1.80 bits per heavy atom. The number of rotatable bonds is 5. The molecule has 2 fully saturated rings. The zero-order chi connectivity index (χ0) is 25.3. The number of imide groups is 2. The molecule has 3 heterocycles. The van der Waals surface area contributed by atoms with Crippen LogP contribution in [-0.2, 0) is 14.3 Å². The first kappa shape index (κ1) is 24.7. The third-order valence-corrected chi connectivity index (χ3v) is 6.60. The molecule has 35 heavy (non-hydrogen) atoms. The lowest BCUT2D eigenvalue weighted by atomic mass is 9.93. The van der Waals surface area contributed by atoms with Crippen LogP contribution in [0.2, 0.25) is 0 Å². The summed E-state index contributed by atoms with van der Waals surface area (Å²) in [6.45, 7) is 7.46. The third-order valence-electron chi connectivity index (χ3n) is 6.60. The lowest BCUT2D eigenvalue weighted by Gasteiger charge is -2.33. The predicted molar refractivity (Wildman–Crippen MR) is 127 cm³/mol. The molecule has 188 valence electrons. The van der Waals surface area contributed by atoms with Gasteiger partial charge in [0.05, 0.1) is 11.1 Å². The second-order valence-corrected chi connectivity index (χ2v) is 10.3. The predicted octanol–water partition coefficient (Wildman–Crippen LogP) is 2.54. The van der Waals surface area contributed by atoms with Crippen molar-refractivity contribution in [2.75, 3.05) is 25.0 Å². The van der Waals surface area contributed by atoms with Crippen LogP contribution in [0.4, 0.5) is 10.5 Å². The van der Waals surface area contributed by atoms with Gasteiger partial charge in [-0.25, -0.2) is 4.79 Å². The summed E-state index contributed by atoms with van der Waals surface area (Å²) in [5, 5.41) is 5.50. The van der Waals surface area contributed by atoms with Gasteiger partial charge in [0.2, 0.25) is 11.8 Å². The smallest absolute Gasteiger partial charge is 0.410 e. The molecule has 1 aromatic carbocycles. The van der Waals surface area contributed by atoms with Gasteiger partial charge in [-0.05, 0) is 64.5 Å². The van der Waals surface area contributed by atoms with E-state index in [1.165, 1.54) is 0 Å². The topological polar surface area (TPSA) is 125 Å². The van der Waals surface area contributed by atoms with E-state index in [-0.39, 0.29) is 30.1 Å². The monoisotopic (exact) mass is 484 g/mol. The summed E-state index contributed by atoms with van der Waals surface area (Å²) < 4.78 is 5.45. The molecule has 4 rings (SSSR count). The van der Waals surface area contributed by atoms with E-state index < -0.39 is 35.3 Å². The lowest BCUT2D eigenvalue weighted by molar-refractivity contribution is -0.136. The molecule has 0 saturated carbocycles. The van der Waals surface area contributed by atoms with E-state index in [1.54, 1.807) is 23.1 Å². The quantitative estimate of drug-likeness (QED) is 0.615. The average Bonchev–Trinajstić information content (AvgIpc) is 3.04. The number of nitrogens with one attached hydrogen (secondary N) is 2. The van der Waals surface area contributed by atoms with Gasteiger partial charge in [0.25, 0.3) is 11.8 Å². The second kappa shape index (κ2) is 9.67. The molecule has 0 aliphatic carbocycles. The maximum atomic E-state index is 13.2. The maximum Gasteiger partial charge on any atom is 0.410 e. The van der Waals surface area contributed by atoms with Gasteiger partial charge in [-0.1, -0.05) is 6.07 Å². The van der Waals surface area contributed by atoms with E-state index in [0.717, 1.165) is 24.2 Å². The van der Waals surface area contributed by atoms with Crippen molar-refractivity contribution in [2.24, 2.45) is 5.92 Å². The molecule has 1 atom stereocenters. The Labute approximate surface area is 204 Å². The Balaban J connectivity index is 1.33. The Kier molecular flexibility index (Phi) is 6.82. The van der Waals surface area contributed by atoms with E-state index in [1.807, 2.05) is 20.8 Å². The molecule has 1 aromatic rings. The molecule has 10 heteroatoms. The van der Waals surface area contributed by atoms with E-state index >= 15 is 0 Å². The number of hydrogen-bond acceptors (Lipinski definition) is 7. The second-order valence-electron chi connectivity index (χ2n) is 10.3. The number of amides is 5. The fraction of sp³-hybridized carbons (Fsp3) is 0.560. The molecule has 3 aliphatic rings. The van der Waals surface area contributed by atoms with Gasteiger partial charge in [0.1, 0.15) is 11.6 Å². The normalized spacial score (nSPS) is 21.2. The van der Waals surface area contributed by atoms with Crippen LogP contribution >= 0.6 is 0 Å². The van der Waals surface area contributed by atoms with Gasteiger partial charge in [-0.3, -0.25) is 29.4 Å². The molecule has 2 saturated heterocycles. The Bertz CT molecular complexity index is 1050. The average molecular weight is 485 g/mol. The van der Waals surface area contributed by atoms with Crippen molar-refractivity contribution in [3.63, 3.8) is 0 Å². The van der Waals surface area contributed by atoms with Crippen molar-refractivity contribution in [1.82, 2.24) is 15.1 Å². The molecular formula is C25H32N4O6. The van der Waals surface area contributed by atoms with Crippen LogP contribution in [0.1, 0.15) is 73.6 Å². The van der Waals surface area contributed by atoms with Crippen LogP contribution in [-0.4, -0.2) is 70.8 Å². The van der Waals surface area contributed by atoms with Crippen LogP contribution < -0.4 is 10.6 Å². The van der Waals surface area contributed by atoms with Crippen molar-refractivity contribution in [3.05, 3.63) is 29.3 Å². The Morgan fingerprint density at radius 1 is 1.09 bits per heavy atom. The summed E-state index contributed by atoms with van der Waals surface area (Å²) in [5.41, 5.74) is 0.569. The number of piperidine rings is 2. The number of likely N-dealkylation sites (tertiary alicyclic amines) is 1. The van der Waals surface area contributed by atoms with Gasteiger partial charge in [0, 0.05) is 31.7 Å². The first-order chi connectivity index (χ1) is 16.5. The van der Waals surface area contributed by atoms with E-state index in [4.69, 9.17) is 4.74 Å². The van der Waals surface area contributed by atoms with Crippen molar-refractivity contribution in [3.8, 4) is 0 Å². The summed E-state index contributed by atoms with van der Waals surface area (Å²) in [5.74, 6) is -1.63. The first-order valence-corrected chi connectivity index (χ1v) is 12.1. The van der Waals surface area contributed by atoms with Crippen molar-refractivity contribution in [1.29, 1.82) is 0 Å². The minimum absolute atomic E-state index is 0.0850. The Hall–Kier alpha value is -3.43. The minimum atomic E-state index is -0.983. The minimum Gasteiger partial charge on any atom is -0.444 e. The summed E-state index contributed by atoms with van der Waals surface area (Å²) in [7, 11) is 0. The largest absolute Gasteiger partial charge is 0.444 e. The number of carbonyl (C=O) groups excluding carboxylic acids is 5. The third kappa shape index (κ3) is 5.31. The van der Waals surface area contributed by atoms with E-state index in [9.17, 15) is 24.0 Å². The highest BCUT2D eigenvalue weighted by molar-refractivity contribution is 6.25. The summed E-state index contributed by atoms with van der Waals surface area (Å²) in [6, 6.07) is 4.06. The van der Waals surface area contributed by atoms with Gasteiger partial charge in [-0.15, -0.1) is 0 Å². The molecule has 3 aliphatic heterocycles. The zero-order valence-corrected chi connectivity index (χ0v) is 20.4. The SMILES string of the molecule is CC(C)(C)OC(=O)N1CCC(CCNc2cccc3c2C(=O)N(C2CCC(=O)NC2=O)C3=O)CC1. The standard InChI is InChI=1S/C25H32N4O6/c1-25(2,3)35-24(34)28-13-10-15(11-14-28)9-12-26-17-6-4-5-16-20(17)23(33)29(22(16)32)18-7-8-19(30)27-21(18)31/h4-6,15,18,26H,7-14H2,1-3H3,(H,27,30,31). The van der Waals surface area contributed by atoms with Gasteiger partial charge >= 0.3 is 6.09 Å². The van der Waals surface area contributed by atoms with Crippen LogP contribution in [0.5, 0.6) is 0 Å². The highest BCUT2D eigenvalue weighted by Gasteiger charge is 2.45. The van der Waals surface area contributed by atoms with Gasteiger partial charge in [-0.2, -0.15) is 0 Å². The summed E-state index contributed by atoms with van der Waals surface area (Å²) >= 11 is 0. The molecular weight excluding hydrogens is 452 g/mol. The molecule has 0 bridgehead atoms. The molecule has 1 unspecified atom stereocenters. The van der Waals surface area contributed by atoms with Crippen LogP contribution in [0, 0.1) is 5.92 Å². The van der Waals surface area contributed by atoms with Crippen LogP contribution in [0.3, 0.4) is 0 Å². The first-order valence-electron chi connectivity index (χ1n) is 12.1. The molecule has 5 amide bonds. The summed E-state index contributed by atoms with van der Waals surface area (Å²) in [4.78, 5) is 64.8. The number of benzene rings is 1. The zero-order valence-electron chi connectivity index (χ0n) is 20.4. The van der Waals surface area contributed by atoms with Crippen LogP contribution in [0.15, 0.2) is 18.2 Å². The van der Waals surface area contributed by atoms with Crippen molar-refractivity contribution >= 4 is 35.4 Å². The molecule has 10 nitrogen and oxygen atoms in total. The molecule has 0 aromatic heterocycles. The fourth-order valence-electron chi connectivity index (χ4n) is 4.80. The molecule has 2 N–H and O–H groups in total.